The molecule has 32 heavy (non-hydrogen) atoms. The molecule has 11 heteroatoms. The number of nitrogens with one attached hydrogen (secondary N) is 1. The fraction of sp³-hybridized carbons (Fsp3) is 0.333. The maximum absolute atomic E-state index is 12.8. The molecule has 1 saturated heterocycles. The average Bonchev–Trinajstić information content (AvgIpc) is 2.78. The van der Waals surface area contributed by atoms with E-state index in [2.05, 4.69) is 5.32 Å². The number of ether oxygens (including phenoxy) is 2. The zero-order valence-corrected chi connectivity index (χ0v) is 18.1. The van der Waals surface area contributed by atoms with Gasteiger partial charge in [0.1, 0.15) is 6.61 Å². The number of para-hydroxylation sites is 2. The molecule has 10 nitrogen and oxygen atoms in total. The first-order valence-corrected chi connectivity index (χ1v) is 11.7. The standard InChI is InChI=1S/C21H24N4O6S/c22-32(28,29)16-5-3-4-15(12-16)23-20(26)13-24-8-10-25(11-9-24)21(27)19-14-30-17-6-1-2-7-18(17)31-19/h1-7,12,19H,8-11,13-14H2,(H,23,26)(H2,22,28,29)/t19-/m1/s1. The Morgan fingerprint density at radius 3 is 2.47 bits per heavy atom. The van der Waals surface area contributed by atoms with Crippen LogP contribution >= 0.6 is 0 Å². The van der Waals surface area contributed by atoms with E-state index >= 15 is 0 Å². The highest BCUT2D eigenvalue weighted by Crippen LogP contribution is 2.31. The third kappa shape index (κ3) is 5.18. The molecule has 2 amide bonds. The van der Waals surface area contributed by atoms with E-state index in [0.717, 1.165) is 0 Å². The van der Waals surface area contributed by atoms with Gasteiger partial charge in [0.05, 0.1) is 11.4 Å². The predicted molar refractivity (Wildman–Crippen MR) is 116 cm³/mol. The van der Waals surface area contributed by atoms with Crippen molar-refractivity contribution in [2.45, 2.75) is 11.0 Å². The van der Waals surface area contributed by atoms with Crippen molar-refractivity contribution in [3.8, 4) is 11.5 Å². The topological polar surface area (TPSA) is 131 Å². The van der Waals surface area contributed by atoms with Crippen LogP contribution in [0.25, 0.3) is 0 Å². The molecule has 1 fully saturated rings. The van der Waals surface area contributed by atoms with Crippen molar-refractivity contribution in [2.75, 3.05) is 44.6 Å². The van der Waals surface area contributed by atoms with Crippen molar-refractivity contribution in [3.63, 3.8) is 0 Å². The van der Waals surface area contributed by atoms with Crippen LogP contribution in [0.4, 0.5) is 5.69 Å². The van der Waals surface area contributed by atoms with Gasteiger partial charge in [-0.3, -0.25) is 14.5 Å². The third-order valence-electron chi connectivity index (χ3n) is 5.28. The second kappa shape index (κ2) is 9.15. The second-order valence-electron chi connectivity index (χ2n) is 7.59. The van der Waals surface area contributed by atoms with Crippen LogP contribution in [-0.4, -0.2) is 75.5 Å². The van der Waals surface area contributed by atoms with Gasteiger partial charge in [-0.1, -0.05) is 18.2 Å². The van der Waals surface area contributed by atoms with Gasteiger partial charge in [0, 0.05) is 31.9 Å². The number of rotatable bonds is 5. The number of hydrogen-bond acceptors (Lipinski definition) is 7. The Hall–Kier alpha value is -3.15. The smallest absolute Gasteiger partial charge is 0.267 e. The highest BCUT2D eigenvalue weighted by molar-refractivity contribution is 7.89. The quantitative estimate of drug-likeness (QED) is 0.654. The lowest BCUT2D eigenvalue weighted by Gasteiger charge is -2.36. The number of carbonyl (C=O) groups is 2. The van der Waals surface area contributed by atoms with Gasteiger partial charge in [0.25, 0.3) is 5.91 Å². The van der Waals surface area contributed by atoms with Crippen LogP contribution in [0.3, 0.4) is 0 Å². The fourth-order valence-electron chi connectivity index (χ4n) is 3.63. The van der Waals surface area contributed by atoms with Crippen molar-refractivity contribution in [3.05, 3.63) is 48.5 Å². The molecule has 0 unspecified atom stereocenters. The van der Waals surface area contributed by atoms with Crippen LogP contribution in [0.15, 0.2) is 53.4 Å². The maximum atomic E-state index is 12.8. The molecule has 0 aliphatic carbocycles. The van der Waals surface area contributed by atoms with Crippen molar-refractivity contribution in [1.82, 2.24) is 9.80 Å². The number of amides is 2. The molecule has 0 bridgehead atoms. The molecular formula is C21H24N4O6S. The molecule has 2 aromatic carbocycles. The number of fused-ring (bicyclic) bond motifs is 1. The molecule has 2 heterocycles. The molecule has 0 radical (unpaired) electrons. The first kappa shape index (κ1) is 22.1. The van der Waals surface area contributed by atoms with E-state index in [1.54, 1.807) is 23.1 Å². The second-order valence-corrected chi connectivity index (χ2v) is 9.15. The van der Waals surface area contributed by atoms with Crippen LogP contribution < -0.4 is 19.9 Å². The van der Waals surface area contributed by atoms with Crippen molar-refractivity contribution >= 4 is 27.5 Å². The Labute approximate surface area is 185 Å². The van der Waals surface area contributed by atoms with Crippen molar-refractivity contribution in [2.24, 2.45) is 5.14 Å². The Kier molecular flexibility index (Phi) is 6.31. The first-order valence-electron chi connectivity index (χ1n) is 10.1. The van der Waals surface area contributed by atoms with Crippen molar-refractivity contribution in [1.29, 1.82) is 0 Å². The van der Waals surface area contributed by atoms with Crippen LogP contribution in [0, 0.1) is 0 Å². The summed E-state index contributed by atoms with van der Waals surface area (Å²) in [6, 6.07) is 13.0. The van der Waals surface area contributed by atoms with E-state index in [1.165, 1.54) is 18.2 Å². The van der Waals surface area contributed by atoms with Gasteiger partial charge in [0.15, 0.2) is 11.5 Å². The minimum atomic E-state index is -3.85. The lowest BCUT2D eigenvalue weighted by molar-refractivity contribution is -0.143. The summed E-state index contributed by atoms with van der Waals surface area (Å²) in [6.45, 7) is 2.28. The van der Waals surface area contributed by atoms with Gasteiger partial charge < -0.3 is 19.7 Å². The van der Waals surface area contributed by atoms with Crippen LogP contribution in [-0.2, 0) is 19.6 Å². The van der Waals surface area contributed by atoms with Crippen LogP contribution in [0.2, 0.25) is 0 Å². The summed E-state index contributed by atoms with van der Waals surface area (Å²) in [7, 11) is -3.85. The van der Waals surface area contributed by atoms with Gasteiger partial charge in [0.2, 0.25) is 22.0 Å². The minimum Gasteiger partial charge on any atom is -0.485 e. The number of anilines is 1. The van der Waals surface area contributed by atoms with Gasteiger partial charge in [-0.2, -0.15) is 0 Å². The zero-order valence-electron chi connectivity index (χ0n) is 17.3. The molecule has 3 N–H and O–H groups in total. The van der Waals surface area contributed by atoms with Crippen LogP contribution in [0.5, 0.6) is 11.5 Å². The highest BCUT2D eigenvalue weighted by atomic mass is 32.2. The largest absolute Gasteiger partial charge is 0.485 e. The molecule has 2 aromatic rings. The lowest BCUT2D eigenvalue weighted by Crippen LogP contribution is -2.54. The van der Waals surface area contributed by atoms with E-state index in [1.807, 2.05) is 17.0 Å². The molecular weight excluding hydrogens is 436 g/mol. The van der Waals surface area contributed by atoms with Gasteiger partial charge in [-0.05, 0) is 30.3 Å². The Bertz CT molecular complexity index is 1110. The molecule has 170 valence electrons. The van der Waals surface area contributed by atoms with Crippen LogP contribution in [0.1, 0.15) is 0 Å². The number of sulfonamides is 1. The predicted octanol–water partition coefficient (Wildman–Crippen LogP) is 0.257. The number of nitrogens with two attached hydrogens (primary N) is 1. The number of primary sulfonamides is 1. The van der Waals surface area contributed by atoms with E-state index in [-0.39, 0.29) is 29.9 Å². The normalized spacial score (nSPS) is 18.8. The summed E-state index contributed by atoms with van der Waals surface area (Å²) < 4.78 is 34.3. The number of carbonyl (C=O) groups excluding carboxylic acids is 2. The summed E-state index contributed by atoms with van der Waals surface area (Å²) >= 11 is 0. The van der Waals surface area contributed by atoms with E-state index < -0.39 is 16.1 Å². The number of benzene rings is 2. The summed E-state index contributed by atoms with van der Waals surface area (Å²) in [6.07, 6.45) is -0.689. The summed E-state index contributed by atoms with van der Waals surface area (Å²) in [5, 5.41) is 7.80. The molecule has 0 aromatic heterocycles. The van der Waals surface area contributed by atoms with Crippen molar-refractivity contribution < 1.29 is 27.5 Å². The number of piperazine rings is 1. The molecule has 1 atom stereocenters. The zero-order chi connectivity index (χ0) is 22.7. The van der Waals surface area contributed by atoms with E-state index in [4.69, 9.17) is 14.6 Å². The Balaban J connectivity index is 1.26. The van der Waals surface area contributed by atoms with E-state index in [9.17, 15) is 18.0 Å². The maximum Gasteiger partial charge on any atom is 0.267 e. The monoisotopic (exact) mass is 460 g/mol. The molecule has 0 spiro atoms. The average molecular weight is 461 g/mol. The third-order valence-corrected chi connectivity index (χ3v) is 6.19. The Morgan fingerprint density at radius 2 is 1.75 bits per heavy atom. The Morgan fingerprint density at radius 1 is 1.03 bits per heavy atom. The molecule has 4 rings (SSSR count). The number of nitrogens with zero attached hydrogens (tertiary/aromatic N) is 2. The summed E-state index contributed by atoms with van der Waals surface area (Å²) in [5.74, 6) is 0.765. The lowest BCUT2D eigenvalue weighted by atomic mass is 10.2. The van der Waals surface area contributed by atoms with E-state index in [0.29, 0.717) is 43.4 Å². The highest BCUT2D eigenvalue weighted by Gasteiger charge is 2.32. The molecule has 2 aliphatic rings. The summed E-state index contributed by atoms with van der Waals surface area (Å²) in [5.41, 5.74) is 0.352. The minimum absolute atomic E-state index is 0.0704. The first-order chi connectivity index (χ1) is 15.3. The molecule has 2 aliphatic heterocycles. The fourth-order valence-corrected chi connectivity index (χ4v) is 4.19. The number of hydrogen-bond donors (Lipinski definition) is 2. The SMILES string of the molecule is NS(=O)(=O)c1cccc(NC(=O)CN2CCN(C(=O)[C@H]3COc4ccccc4O3)CC2)c1. The summed E-state index contributed by atoms with van der Waals surface area (Å²) in [4.78, 5) is 28.8. The van der Waals surface area contributed by atoms with Gasteiger partial charge in [-0.25, -0.2) is 13.6 Å². The van der Waals surface area contributed by atoms with Gasteiger partial charge in [-0.15, -0.1) is 0 Å². The molecule has 0 saturated carbocycles. The van der Waals surface area contributed by atoms with Gasteiger partial charge >= 0.3 is 0 Å².